The average Bonchev–Trinajstić information content (AvgIpc) is 3.37. The SMILES string of the molecule is COc1cc(Sc2c[nH]c3c(-c4cccs4)cccc23)cc(OC)c1OC. The van der Waals surface area contributed by atoms with Crippen LogP contribution in [-0.4, -0.2) is 26.3 Å². The zero-order valence-electron chi connectivity index (χ0n) is 15.2. The van der Waals surface area contributed by atoms with E-state index in [1.165, 1.54) is 15.8 Å². The maximum atomic E-state index is 5.47. The van der Waals surface area contributed by atoms with Gasteiger partial charge in [-0.1, -0.05) is 36.0 Å². The van der Waals surface area contributed by atoms with Gasteiger partial charge in [-0.3, -0.25) is 0 Å². The Morgan fingerprint density at radius 2 is 1.70 bits per heavy atom. The number of hydrogen-bond acceptors (Lipinski definition) is 5. The van der Waals surface area contributed by atoms with Crippen molar-refractivity contribution in [2.45, 2.75) is 9.79 Å². The fourth-order valence-electron chi connectivity index (χ4n) is 3.09. The minimum absolute atomic E-state index is 0.600. The molecule has 2 aromatic carbocycles. The number of benzene rings is 2. The molecular formula is C21H19NO3S2. The molecular weight excluding hydrogens is 378 g/mol. The third-order valence-electron chi connectivity index (χ3n) is 4.33. The second kappa shape index (κ2) is 7.58. The highest BCUT2D eigenvalue weighted by Crippen LogP contribution is 2.44. The van der Waals surface area contributed by atoms with Crippen LogP contribution in [0.1, 0.15) is 0 Å². The van der Waals surface area contributed by atoms with Crippen molar-refractivity contribution in [3.05, 3.63) is 54.0 Å². The number of rotatable bonds is 6. The summed E-state index contributed by atoms with van der Waals surface area (Å²) in [4.78, 5) is 6.87. The zero-order valence-corrected chi connectivity index (χ0v) is 16.9. The molecule has 6 heteroatoms. The van der Waals surface area contributed by atoms with Gasteiger partial charge < -0.3 is 19.2 Å². The molecule has 4 nitrogen and oxygen atoms in total. The number of hydrogen-bond donors (Lipinski definition) is 1. The van der Waals surface area contributed by atoms with E-state index in [-0.39, 0.29) is 0 Å². The molecule has 0 radical (unpaired) electrons. The summed E-state index contributed by atoms with van der Waals surface area (Å²) >= 11 is 3.41. The number of nitrogens with one attached hydrogen (secondary N) is 1. The number of aromatic nitrogens is 1. The summed E-state index contributed by atoms with van der Waals surface area (Å²) < 4.78 is 16.4. The lowest BCUT2D eigenvalue weighted by Gasteiger charge is -2.13. The van der Waals surface area contributed by atoms with Crippen molar-refractivity contribution < 1.29 is 14.2 Å². The summed E-state index contributed by atoms with van der Waals surface area (Å²) in [5.41, 5.74) is 2.37. The molecule has 0 aliphatic carbocycles. The third kappa shape index (κ3) is 3.26. The van der Waals surface area contributed by atoms with Gasteiger partial charge >= 0.3 is 0 Å². The Morgan fingerprint density at radius 3 is 2.33 bits per heavy atom. The van der Waals surface area contributed by atoms with Gasteiger partial charge in [0.2, 0.25) is 5.75 Å². The van der Waals surface area contributed by atoms with Crippen LogP contribution in [0.15, 0.2) is 63.8 Å². The van der Waals surface area contributed by atoms with E-state index in [0.717, 1.165) is 15.3 Å². The lowest BCUT2D eigenvalue weighted by atomic mass is 10.1. The van der Waals surface area contributed by atoms with Crippen LogP contribution < -0.4 is 14.2 Å². The number of H-pyrrole nitrogens is 1. The number of para-hydroxylation sites is 1. The molecule has 27 heavy (non-hydrogen) atoms. The van der Waals surface area contributed by atoms with E-state index < -0.39 is 0 Å². The molecule has 0 saturated carbocycles. The molecule has 2 heterocycles. The van der Waals surface area contributed by atoms with Gasteiger partial charge in [-0.25, -0.2) is 0 Å². The Hall–Kier alpha value is -2.57. The summed E-state index contributed by atoms with van der Waals surface area (Å²) in [5.74, 6) is 1.90. The van der Waals surface area contributed by atoms with Crippen LogP contribution in [0.2, 0.25) is 0 Å². The number of aromatic amines is 1. The minimum atomic E-state index is 0.600. The molecule has 2 aromatic heterocycles. The van der Waals surface area contributed by atoms with Crippen molar-refractivity contribution >= 4 is 34.0 Å². The first-order valence-corrected chi connectivity index (χ1v) is 10.1. The standard InChI is InChI=1S/C21H19NO3S2/c1-23-16-10-13(11-17(24-2)21(16)25-3)27-19-12-22-20-14(6-4-7-15(19)20)18-8-5-9-26-18/h4-12,22H,1-3H3. The van der Waals surface area contributed by atoms with Crippen LogP contribution >= 0.6 is 23.1 Å². The Bertz CT molecular complexity index is 1050. The first kappa shape index (κ1) is 17.8. The van der Waals surface area contributed by atoms with Gasteiger partial charge in [0.15, 0.2) is 11.5 Å². The number of methoxy groups -OCH3 is 3. The normalized spacial score (nSPS) is 10.9. The van der Waals surface area contributed by atoms with Crippen molar-refractivity contribution in [3.8, 4) is 27.7 Å². The second-order valence-electron chi connectivity index (χ2n) is 5.82. The monoisotopic (exact) mass is 397 g/mol. The van der Waals surface area contributed by atoms with Crippen LogP contribution in [-0.2, 0) is 0 Å². The van der Waals surface area contributed by atoms with Gasteiger partial charge in [0, 0.05) is 31.8 Å². The van der Waals surface area contributed by atoms with E-state index in [0.29, 0.717) is 17.2 Å². The van der Waals surface area contributed by atoms with Crippen LogP contribution in [0, 0.1) is 0 Å². The smallest absolute Gasteiger partial charge is 0.203 e. The number of ether oxygens (including phenoxy) is 3. The van der Waals surface area contributed by atoms with Gasteiger partial charge in [0.1, 0.15) is 0 Å². The van der Waals surface area contributed by atoms with Crippen molar-refractivity contribution in [2.24, 2.45) is 0 Å². The molecule has 0 saturated heterocycles. The first-order valence-electron chi connectivity index (χ1n) is 8.37. The van der Waals surface area contributed by atoms with Gasteiger partial charge in [-0.15, -0.1) is 11.3 Å². The molecule has 0 spiro atoms. The topological polar surface area (TPSA) is 43.5 Å². The van der Waals surface area contributed by atoms with Crippen molar-refractivity contribution in [1.29, 1.82) is 0 Å². The van der Waals surface area contributed by atoms with Crippen molar-refractivity contribution in [1.82, 2.24) is 4.98 Å². The van der Waals surface area contributed by atoms with E-state index >= 15 is 0 Å². The van der Waals surface area contributed by atoms with Crippen LogP contribution in [0.3, 0.4) is 0 Å². The van der Waals surface area contributed by atoms with E-state index in [1.54, 1.807) is 44.4 Å². The van der Waals surface area contributed by atoms with E-state index in [4.69, 9.17) is 14.2 Å². The molecule has 0 amide bonds. The highest BCUT2D eigenvalue weighted by atomic mass is 32.2. The van der Waals surface area contributed by atoms with E-state index in [1.807, 2.05) is 12.1 Å². The highest BCUT2D eigenvalue weighted by Gasteiger charge is 2.16. The van der Waals surface area contributed by atoms with Gasteiger partial charge in [0.25, 0.3) is 0 Å². The molecule has 0 bridgehead atoms. The molecule has 4 rings (SSSR count). The maximum Gasteiger partial charge on any atom is 0.203 e. The maximum absolute atomic E-state index is 5.47. The highest BCUT2D eigenvalue weighted by molar-refractivity contribution is 7.99. The minimum Gasteiger partial charge on any atom is -0.493 e. The molecule has 4 aromatic rings. The number of fused-ring (bicyclic) bond motifs is 1. The Balaban J connectivity index is 1.76. The second-order valence-corrected chi connectivity index (χ2v) is 7.88. The molecule has 0 aliphatic rings. The predicted octanol–water partition coefficient (Wildman–Crippen LogP) is 6.07. The van der Waals surface area contributed by atoms with Crippen LogP contribution in [0.25, 0.3) is 21.3 Å². The molecule has 1 N–H and O–H groups in total. The van der Waals surface area contributed by atoms with Crippen molar-refractivity contribution in [2.75, 3.05) is 21.3 Å². The number of thiophene rings is 1. The van der Waals surface area contributed by atoms with Gasteiger partial charge in [-0.2, -0.15) is 0 Å². The zero-order chi connectivity index (χ0) is 18.8. The van der Waals surface area contributed by atoms with E-state index in [9.17, 15) is 0 Å². The van der Waals surface area contributed by atoms with Gasteiger partial charge in [0.05, 0.1) is 26.8 Å². The largest absolute Gasteiger partial charge is 0.493 e. The Kier molecular flexibility index (Phi) is 5.01. The predicted molar refractivity (Wildman–Crippen MR) is 112 cm³/mol. The van der Waals surface area contributed by atoms with Crippen molar-refractivity contribution in [3.63, 3.8) is 0 Å². The Morgan fingerprint density at radius 1 is 0.926 bits per heavy atom. The van der Waals surface area contributed by atoms with Gasteiger partial charge in [-0.05, 0) is 23.6 Å². The summed E-state index contributed by atoms with van der Waals surface area (Å²) in [5, 5.41) is 3.29. The van der Waals surface area contributed by atoms with Crippen LogP contribution in [0.5, 0.6) is 17.2 Å². The molecule has 0 atom stereocenters. The quantitative estimate of drug-likeness (QED) is 0.429. The molecule has 0 aliphatic heterocycles. The fourth-order valence-corrected chi connectivity index (χ4v) is 4.83. The molecule has 0 fully saturated rings. The van der Waals surface area contributed by atoms with E-state index in [2.05, 4.69) is 46.9 Å². The average molecular weight is 398 g/mol. The molecule has 138 valence electrons. The summed E-state index contributed by atoms with van der Waals surface area (Å²) in [6.07, 6.45) is 2.05. The Labute approximate surface area is 166 Å². The fraction of sp³-hybridized carbons (Fsp3) is 0.143. The lowest BCUT2D eigenvalue weighted by Crippen LogP contribution is -1.95. The first-order chi connectivity index (χ1) is 13.2. The van der Waals surface area contributed by atoms with Crippen LogP contribution in [0.4, 0.5) is 0 Å². The summed E-state index contributed by atoms with van der Waals surface area (Å²) in [7, 11) is 4.87. The summed E-state index contributed by atoms with van der Waals surface area (Å²) in [6, 6.07) is 14.5. The lowest BCUT2D eigenvalue weighted by molar-refractivity contribution is 0.323. The molecule has 0 unspecified atom stereocenters. The summed E-state index contributed by atoms with van der Waals surface area (Å²) in [6.45, 7) is 0. The third-order valence-corrected chi connectivity index (χ3v) is 6.26.